The Morgan fingerprint density at radius 3 is 2.14 bits per heavy atom. The second-order valence-corrected chi connectivity index (χ2v) is 6.80. The fourth-order valence-electron chi connectivity index (χ4n) is 3.09. The number of benzene rings is 2. The number of anilines is 2. The summed E-state index contributed by atoms with van der Waals surface area (Å²) in [6, 6.07) is 14.7. The maximum absolute atomic E-state index is 13.0. The monoisotopic (exact) mass is 395 g/mol. The van der Waals surface area contributed by atoms with E-state index in [2.05, 4.69) is 5.32 Å². The number of carbonyl (C=O) groups is 2. The van der Waals surface area contributed by atoms with Crippen LogP contribution >= 0.6 is 0 Å². The van der Waals surface area contributed by atoms with Gasteiger partial charge >= 0.3 is 0 Å². The lowest BCUT2D eigenvalue weighted by molar-refractivity contribution is -0.137. The Hall–Kier alpha value is -3.32. The van der Waals surface area contributed by atoms with Gasteiger partial charge in [0.1, 0.15) is 11.4 Å². The zero-order valence-electron chi connectivity index (χ0n) is 17.1. The molecule has 0 saturated carbocycles. The maximum atomic E-state index is 13.0. The number of methoxy groups -OCH3 is 2. The van der Waals surface area contributed by atoms with Crippen molar-refractivity contribution in [2.45, 2.75) is 0 Å². The van der Waals surface area contributed by atoms with E-state index in [1.165, 1.54) is 12.0 Å². The van der Waals surface area contributed by atoms with Crippen LogP contribution in [0.2, 0.25) is 0 Å². The second-order valence-electron chi connectivity index (χ2n) is 6.80. The molecule has 2 aromatic rings. The molecule has 1 heterocycles. The minimum atomic E-state index is -0.366. The van der Waals surface area contributed by atoms with Crippen LogP contribution in [0.15, 0.2) is 54.2 Å². The zero-order valence-corrected chi connectivity index (χ0v) is 17.1. The summed E-state index contributed by atoms with van der Waals surface area (Å²) in [6.07, 6.45) is 0. The number of nitrogens with zero attached hydrogens (tertiary/aromatic N) is 2. The van der Waals surface area contributed by atoms with Crippen molar-refractivity contribution in [1.29, 1.82) is 0 Å². The topological polar surface area (TPSA) is 71.1 Å². The van der Waals surface area contributed by atoms with E-state index in [1.807, 2.05) is 43.3 Å². The third-order valence-corrected chi connectivity index (χ3v) is 4.72. The van der Waals surface area contributed by atoms with Gasteiger partial charge in [0.2, 0.25) is 0 Å². The average Bonchev–Trinajstić information content (AvgIpc) is 2.96. The molecule has 7 heteroatoms. The largest absolute Gasteiger partial charge is 0.497 e. The molecule has 0 saturated heterocycles. The van der Waals surface area contributed by atoms with Crippen molar-refractivity contribution in [1.82, 2.24) is 4.90 Å². The van der Waals surface area contributed by atoms with Crippen molar-refractivity contribution in [3.05, 3.63) is 59.8 Å². The van der Waals surface area contributed by atoms with Crippen LogP contribution in [0.4, 0.5) is 11.4 Å². The summed E-state index contributed by atoms with van der Waals surface area (Å²) in [7, 11) is 7.03. The van der Waals surface area contributed by atoms with E-state index >= 15 is 0 Å². The van der Waals surface area contributed by atoms with Crippen LogP contribution in [0, 0.1) is 0 Å². The molecule has 7 nitrogen and oxygen atoms in total. The molecule has 0 aliphatic carbocycles. The first-order chi connectivity index (χ1) is 14.0. The predicted molar refractivity (Wildman–Crippen MR) is 113 cm³/mol. The summed E-state index contributed by atoms with van der Waals surface area (Å²) in [4.78, 5) is 29.2. The third kappa shape index (κ3) is 4.25. The van der Waals surface area contributed by atoms with Gasteiger partial charge in [0, 0.05) is 32.6 Å². The van der Waals surface area contributed by atoms with Gasteiger partial charge in [-0.2, -0.15) is 0 Å². The lowest BCUT2D eigenvalue weighted by Gasteiger charge is -2.15. The number of ether oxygens (including phenoxy) is 2. The van der Waals surface area contributed by atoms with Crippen LogP contribution in [0.3, 0.4) is 0 Å². The maximum Gasteiger partial charge on any atom is 0.278 e. The first-order valence-corrected chi connectivity index (χ1v) is 9.24. The standard InChI is InChI=1S/C22H25N3O4/c1-24(2)17-9-7-16(8-10-17)23-20-19(15-5-11-18(29-4)12-6-15)21(26)25(22(20)27)13-14-28-3/h5-12,23H,13-14H2,1-4H3. The summed E-state index contributed by atoms with van der Waals surface area (Å²) in [6.45, 7) is 0.469. The highest BCUT2D eigenvalue weighted by Gasteiger charge is 2.38. The van der Waals surface area contributed by atoms with Gasteiger partial charge in [-0.05, 0) is 42.0 Å². The Morgan fingerprint density at radius 1 is 0.931 bits per heavy atom. The van der Waals surface area contributed by atoms with Gasteiger partial charge in [-0.3, -0.25) is 14.5 Å². The van der Waals surface area contributed by atoms with E-state index in [1.54, 1.807) is 31.4 Å². The molecule has 2 amide bonds. The number of hydrogen-bond acceptors (Lipinski definition) is 6. The van der Waals surface area contributed by atoms with Crippen molar-refractivity contribution >= 4 is 28.8 Å². The SMILES string of the molecule is COCCN1C(=O)C(Nc2ccc(N(C)C)cc2)=C(c2ccc(OC)cc2)C1=O. The van der Waals surface area contributed by atoms with Crippen molar-refractivity contribution in [3.63, 3.8) is 0 Å². The first kappa shape index (κ1) is 20.4. The van der Waals surface area contributed by atoms with Gasteiger partial charge in [-0.15, -0.1) is 0 Å². The Labute approximate surface area is 170 Å². The molecule has 29 heavy (non-hydrogen) atoms. The van der Waals surface area contributed by atoms with E-state index in [9.17, 15) is 9.59 Å². The minimum Gasteiger partial charge on any atom is -0.497 e. The molecular weight excluding hydrogens is 370 g/mol. The Kier molecular flexibility index (Phi) is 6.19. The Balaban J connectivity index is 1.98. The molecule has 152 valence electrons. The highest BCUT2D eigenvalue weighted by molar-refractivity contribution is 6.36. The molecule has 0 radical (unpaired) electrons. The van der Waals surface area contributed by atoms with E-state index in [-0.39, 0.29) is 30.7 Å². The summed E-state index contributed by atoms with van der Waals surface area (Å²) in [5.74, 6) is -0.0321. The number of carbonyl (C=O) groups excluding carboxylic acids is 2. The molecular formula is C22H25N3O4. The highest BCUT2D eigenvalue weighted by atomic mass is 16.5. The van der Waals surface area contributed by atoms with Crippen LogP contribution in [0.25, 0.3) is 5.57 Å². The quantitative estimate of drug-likeness (QED) is 0.693. The summed E-state index contributed by atoms with van der Waals surface area (Å²) >= 11 is 0. The summed E-state index contributed by atoms with van der Waals surface area (Å²) in [5, 5.41) is 3.15. The van der Waals surface area contributed by atoms with Gasteiger partial charge in [-0.1, -0.05) is 12.1 Å². The number of hydrogen-bond donors (Lipinski definition) is 1. The number of amides is 2. The van der Waals surface area contributed by atoms with Crippen LogP contribution < -0.4 is 15.0 Å². The number of rotatable bonds is 8. The van der Waals surface area contributed by atoms with Crippen molar-refractivity contribution in [2.75, 3.05) is 51.7 Å². The predicted octanol–water partition coefficient (Wildman–Crippen LogP) is 2.60. The molecule has 2 aromatic carbocycles. The van der Waals surface area contributed by atoms with Gasteiger partial charge < -0.3 is 19.7 Å². The van der Waals surface area contributed by atoms with Crippen LogP contribution in [-0.4, -0.2) is 58.2 Å². The Morgan fingerprint density at radius 2 is 1.59 bits per heavy atom. The smallest absolute Gasteiger partial charge is 0.278 e. The summed E-state index contributed by atoms with van der Waals surface area (Å²) < 4.78 is 10.2. The number of nitrogens with one attached hydrogen (secondary N) is 1. The lowest BCUT2D eigenvalue weighted by Crippen LogP contribution is -2.35. The number of imide groups is 1. The zero-order chi connectivity index (χ0) is 21.0. The van der Waals surface area contributed by atoms with Gasteiger partial charge in [0.05, 0.1) is 25.8 Å². The minimum absolute atomic E-state index is 0.193. The van der Waals surface area contributed by atoms with Crippen LogP contribution in [0.5, 0.6) is 5.75 Å². The van der Waals surface area contributed by atoms with E-state index in [4.69, 9.17) is 9.47 Å². The normalized spacial score (nSPS) is 13.9. The van der Waals surface area contributed by atoms with E-state index < -0.39 is 0 Å². The second kappa shape index (κ2) is 8.79. The van der Waals surface area contributed by atoms with Crippen molar-refractivity contribution in [3.8, 4) is 5.75 Å². The molecule has 1 N–H and O–H groups in total. The van der Waals surface area contributed by atoms with Crippen molar-refractivity contribution in [2.24, 2.45) is 0 Å². The van der Waals surface area contributed by atoms with Gasteiger partial charge in [-0.25, -0.2) is 0 Å². The van der Waals surface area contributed by atoms with Crippen LogP contribution in [0.1, 0.15) is 5.56 Å². The van der Waals surface area contributed by atoms with E-state index in [0.717, 1.165) is 11.4 Å². The molecule has 0 atom stereocenters. The van der Waals surface area contributed by atoms with Crippen molar-refractivity contribution < 1.29 is 19.1 Å². The van der Waals surface area contributed by atoms with Gasteiger partial charge in [0.25, 0.3) is 11.8 Å². The highest BCUT2D eigenvalue weighted by Crippen LogP contribution is 2.31. The molecule has 0 unspecified atom stereocenters. The van der Waals surface area contributed by atoms with Gasteiger partial charge in [0.15, 0.2) is 0 Å². The fourth-order valence-corrected chi connectivity index (χ4v) is 3.09. The van der Waals surface area contributed by atoms with Crippen LogP contribution in [-0.2, 0) is 14.3 Å². The molecule has 0 aromatic heterocycles. The Bertz CT molecular complexity index is 918. The summed E-state index contributed by atoms with van der Waals surface area (Å²) in [5.41, 5.74) is 3.01. The molecule has 0 bridgehead atoms. The first-order valence-electron chi connectivity index (χ1n) is 9.24. The van der Waals surface area contributed by atoms with E-state index in [0.29, 0.717) is 16.9 Å². The molecule has 0 fully saturated rings. The molecule has 0 spiro atoms. The molecule has 3 rings (SSSR count). The lowest BCUT2D eigenvalue weighted by atomic mass is 10.0. The molecule has 1 aliphatic rings. The third-order valence-electron chi connectivity index (χ3n) is 4.72. The fraction of sp³-hybridized carbons (Fsp3) is 0.273. The average molecular weight is 395 g/mol. The molecule has 1 aliphatic heterocycles.